The average Bonchev–Trinajstić information content (AvgIpc) is 2.70. The third-order valence-electron chi connectivity index (χ3n) is 4.81. The molecule has 0 saturated carbocycles. The quantitative estimate of drug-likeness (QED) is 0.583. The van der Waals surface area contributed by atoms with Crippen LogP contribution in [0.3, 0.4) is 0 Å². The van der Waals surface area contributed by atoms with E-state index in [1.807, 2.05) is 13.8 Å². The second-order valence-corrected chi connectivity index (χ2v) is 9.58. The number of hydrogen-bond acceptors (Lipinski definition) is 4. The van der Waals surface area contributed by atoms with E-state index in [4.69, 9.17) is 11.6 Å². The number of nitrogens with one attached hydrogen (secondary N) is 2. The van der Waals surface area contributed by atoms with E-state index in [2.05, 4.69) is 10.6 Å². The van der Waals surface area contributed by atoms with Gasteiger partial charge in [0.05, 0.1) is 23.2 Å². The molecule has 168 valence electrons. The fraction of sp³-hybridized carbons (Fsp3) is 0.364. The van der Waals surface area contributed by atoms with Crippen LogP contribution in [-0.2, 0) is 14.8 Å². The minimum atomic E-state index is -3.79. The number of para-hydroxylation sites is 1. The smallest absolute Gasteiger partial charge is 0.253 e. The Hall–Kier alpha value is -2.58. The largest absolute Gasteiger partial charge is 0.350 e. The summed E-state index contributed by atoms with van der Waals surface area (Å²) in [5.74, 6) is -0.857. The van der Waals surface area contributed by atoms with Gasteiger partial charge in [0, 0.05) is 11.1 Å². The molecular formula is C22H28ClN3O4S. The molecule has 2 amide bonds. The van der Waals surface area contributed by atoms with Crippen molar-refractivity contribution in [3.63, 3.8) is 0 Å². The fourth-order valence-electron chi connectivity index (χ4n) is 3.08. The minimum absolute atomic E-state index is 0.0248. The number of hydrogen-bond donors (Lipinski definition) is 2. The Morgan fingerprint density at radius 3 is 2.32 bits per heavy atom. The van der Waals surface area contributed by atoms with Crippen molar-refractivity contribution < 1.29 is 18.0 Å². The van der Waals surface area contributed by atoms with Crippen molar-refractivity contribution in [2.75, 3.05) is 15.9 Å². The van der Waals surface area contributed by atoms with Crippen LogP contribution in [0.15, 0.2) is 48.5 Å². The van der Waals surface area contributed by atoms with Gasteiger partial charge in [-0.15, -0.1) is 0 Å². The first-order valence-electron chi connectivity index (χ1n) is 10.0. The van der Waals surface area contributed by atoms with Gasteiger partial charge in [0.2, 0.25) is 15.9 Å². The Balaban J connectivity index is 2.37. The molecule has 0 unspecified atom stereocenters. The van der Waals surface area contributed by atoms with Crippen LogP contribution in [0.5, 0.6) is 0 Å². The standard InChI is InChI=1S/C22H28ClN3O4S/c1-5-15(3)24-21(27)18-12-7-8-13-19(18)25-22(28)20(6-2)26(31(4,29)30)17-11-9-10-16(23)14-17/h7-15,20H,5-6H2,1-4H3,(H,24,27)(H,25,28)/t15-,20-/m1/s1. The molecule has 2 aromatic rings. The molecule has 0 heterocycles. The number of carbonyl (C=O) groups excluding carboxylic acids is 2. The second-order valence-electron chi connectivity index (χ2n) is 7.28. The van der Waals surface area contributed by atoms with E-state index in [-0.39, 0.29) is 18.4 Å². The van der Waals surface area contributed by atoms with Crippen molar-refractivity contribution in [2.45, 2.75) is 45.7 Å². The van der Waals surface area contributed by atoms with E-state index in [0.717, 1.165) is 17.0 Å². The molecule has 0 aliphatic carbocycles. The van der Waals surface area contributed by atoms with Crippen LogP contribution < -0.4 is 14.9 Å². The molecular weight excluding hydrogens is 438 g/mol. The van der Waals surface area contributed by atoms with Gasteiger partial charge >= 0.3 is 0 Å². The normalized spacial score (nSPS) is 13.2. The van der Waals surface area contributed by atoms with Crippen LogP contribution in [0, 0.1) is 0 Å². The molecule has 0 bridgehead atoms. The lowest BCUT2D eigenvalue weighted by molar-refractivity contribution is -0.117. The number of amides is 2. The molecule has 2 atom stereocenters. The van der Waals surface area contributed by atoms with Gasteiger partial charge in [-0.05, 0) is 50.1 Å². The molecule has 0 aromatic heterocycles. The van der Waals surface area contributed by atoms with Crippen molar-refractivity contribution in [2.24, 2.45) is 0 Å². The molecule has 31 heavy (non-hydrogen) atoms. The number of sulfonamides is 1. The van der Waals surface area contributed by atoms with Gasteiger partial charge < -0.3 is 10.6 Å². The first-order chi connectivity index (χ1) is 14.6. The van der Waals surface area contributed by atoms with E-state index < -0.39 is 22.0 Å². The number of carbonyl (C=O) groups is 2. The molecule has 0 fully saturated rings. The fourth-order valence-corrected chi connectivity index (χ4v) is 4.47. The highest BCUT2D eigenvalue weighted by atomic mass is 35.5. The summed E-state index contributed by atoms with van der Waals surface area (Å²) in [5.41, 5.74) is 0.908. The number of benzene rings is 2. The molecule has 7 nitrogen and oxygen atoms in total. The zero-order valence-corrected chi connectivity index (χ0v) is 19.6. The summed E-state index contributed by atoms with van der Waals surface area (Å²) in [6.45, 7) is 5.57. The number of anilines is 2. The molecule has 2 rings (SSSR count). The molecule has 9 heteroatoms. The van der Waals surface area contributed by atoms with Crippen molar-refractivity contribution in [1.82, 2.24) is 5.32 Å². The van der Waals surface area contributed by atoms with Gasteiger partial charge in [-0.3, -0.25) is 13.9 Å². The topological polar surface area (TPSA) is 95.6 Å². The van der Waals surface area contributed by atoms with E-state index in [0.29, 0.717) is 22.0 Å². The summed E-state index contributed by atoms with van der Waals surface area (Å²) in [6.07, 6.45) is 2.02. The van der Waals surface area contributed by atoms with Crippen LogP contribution in [0.4, 0.5) is 11.4 Å². The van der Waals surface area contributed by atoms with Crippen LogP contribution in [0.2, 0.25) is 5.02 Å². The number of rotatable bonds is 9. The summed E-state index contributed by atoms with van der Waals surface area (Å²) in [4.78, 5) is 25.8. The summed E-state index contributed by atoms with van der Waals surface area (Å²) < 4.78 is 26.2. The third kappa shape index (κ3) is 6.45. The lowest BCUT2D eigenvalue weighted by Crippen LogP contribution is -2.47. The van der Waals surface area contributed by atoms with Gasteiger partial charge in [-0.2, -0.15) is 0 Å². The maximum Gasteiger partial charge on any atom is 0.253 e. The highest BCUT2D eigenvalue weighted by Crippen LogP contribution is 2.26. The molecule has 0 spiro atoms. The van der Waals surface area contributed by atoms with Gasteiger partial charge in [0.15, 0.2) is 0 Å². The van der Waals surface area contributed by atoms with Gasteiger partial charge in [-0.25, -0.2) is 8.42 Å². The lowest BCUT2D eigenvalue weighted by atomic mass is 10.1. The van der Waals surface area contributed by atoms with Crippen molar-refractivity contribution in [3.8, 4) is 0 Å². The van der Waals surface area contributed by atoms with Crippen molar-refractivity contribution in [1.29, 1.82) is 0 Å². The molecule has 0 radical (unpaired) electrons. The van der Waals surface area contributed by atoms with Gasteiger partial charge in [0.1, 0.15) is 6.04 Å². The Labute approximate surface area is 188 Å². The van der Waals surface area contributed by atoms with Crippen molar-refractivity contribution in [3.05, 3.63) is 59.1 Å². The highest BCUT2D eigenvalue weighted by molar-refractivity contribution is 7.92. The highest BCUT2D eigenvalue weighted by Gasteiger charge is 2.32. The SMILES string of the molecule is CC[C@@H](C)NC(=O)c1ccccc1NC(=O)[C@@H](CC)N(c1cccc(Cl)c1)S(C)(=O)=O. The first-order valence-corrected chi connectivity index (χ1v) is 12.3. The third-order valence-corrected chi connectivity index (χ3v) is 6.23. The molecule has 2 N–H and O–H groups in total. The Bertz CT molecular complexity index is 1040. The second kappa shape index (κ2) is 10.6. The molecule has 0 aliphatic heterocycles. The van der Waals surface area contributed by atoms with E-state index in [1.165, 1.54) is 6.07 Å². The zero-order chi connectivity index (χ0) is 23.2. The van der Waals surface area contributed by atoms with Crippen LogP contribution >= 0.6 is 11.6 Å². The minimum Gasteiger partial charge on any atom is -0.350 e. The summed E-state index contributed by atoms with van der Waals surface area (Å²) in [6, 6.07) is 11.9. The number of halogens is 1. The van der Waals surface area contributed by atoms with Crippen LogP contribution in [0.25, 0.3) is 0 Å². The van der Waals surface area contributed by atoms with E-state index >= 15 is 0 Å². The predicted molar refractivity (Wildman–Crippen MR) is 125 cm³/mol. The lowest BCUT2D eigenvalue weighted by Gasteiger charge is -2.30. The first kappa shape index (κ1) is 24.7. The monoisotopic (exact) mass is 465 g/mol. The predicted octanol–water partition coefficient (Wildman–Crippen LogP) is 4.05. The van der Waals surface area contributed by atoms with E-state index in [9.17, 15) is 18.0 Å². The Morgan fingerprint density at radius 1 is 1.06 bits per heavy atom. The van der Waals surface area contributed by atoms with Crippen molar-refractivity contribution >= 4 is 44.8 Å². The van der Waals surface area contributed by atoms with E-state index in [1.54, 1.807) is 49.4 Å². The van der Waals surface area contributed by atoms with Gasteiger partial charge in [-0.1, -0.05) is 43.6 Å². The van der Waals surface area contributed by atoms with Crippen LogP contribution in [-0.4, -0.2) is 38.6 Å². The molecule has 0 saturated heterocycles. The Kier molecular flexibility index (Phi) is 8.47. The zero-order valence-electron chi connectivity index (χ0n) is 18.1. The molecule has 0 aliphatic rings. The average molecular weight is 466 g/mol. The summed E-state index contributed by atoms with van der Waals surface area (Å²) in [5, 5.41) is 5.96. The van der Waals surface area contributed by atoms with Crippen LogP contribution in [0.1, 0.15) is 44.0 Å². The molecule has 2 aromatic carbocycles. The van der Waals surface area contributed by atoms with Gasteiger partial charge in [0.25, 0.3) is 5.91 Å². The Morgan fingerprint density at radius 2 is 1.74 bits per heavy atom. The maximum atomic E-state index is 13.2. The summed E-state index contributed by atoms with van der Waals surface area (Å²) >= 11 is 6.04. The number of nitrogens with zero attached hydrogens (tertiary/aromatic N) is 1. The maximum absolute atomic E-state index is 13.2. The summed E-state index contributed by atoms with van der Waals surface area (Å²) in [7, 11) is -3.79.